The average Bonchev–Trinajstić information content (AvgIpc) is 2.89. The predicted octanol–water partition coefficient (Wildman–Crippen LogP) is 3.49. The summed E-state index contributed by atoms with van der Waals surface area (Å²) < 4.78 is 1.11. The van der Waals surface area contributed by atoms with Crippen LogP contribution in [0.25, 0.3) is 10.2 Å². The largest absolute Gasteiger partial charge is 0.397 e. The summed E-state index contributed by atoms with van der Waals surface area (Å²) in [5.74, 6) is 0. The van der Waals surface area contributed by atoms with Crippen molar-refractivity contribution < 1.29 is 0 Å². The molecule has 1 aromatic heterocycles. The van der Waals surface area contributed by atoms with E-state index in [1.54, 1.807) is 29.5 Å². The highest BCUT2D eigenvalue weighted by molar-refractivity contribution is 7.16. The highest BCUT2D eigenvalue weighted by Gasteiger charge is 2.03. The summed E-state index contributed by atoms with van der Waals surface area (Å²) in [6.07, 6.45) is 0. The zero-order valence-corrected chi connectivity index (χ0v) is 10.7. The fraction of sp³-hybridized carbons (Fsp3) is 0. The standard InChI is InChI=1S/C14H10N4S/c15-7-9-1-3-11(16)13(5-9)18-10-2-4-12-14(6-10)19-8-17-12/h1-6,8,18H,16H2. The molecule has 0 saturated heterocycles. The molecule has 3 rings (SSSR count). The van der Waals surface area contributed by atoms with Crippen molar-refractivity contribution >= 4 is 38.6 Å². The molecule has 5 heteroatoms. The van der Waals surface area contributed by atoms with Gasteiger partial charge in [0.1, 0.15) is 0 Å². The number of thiazole rings is 1. The number of aromatic nitrogens is 1. The fourth-order valence-electron chi connectivity index (χ4n) is 1.82. The van der Waals surface area contributed by atoms with E-state index in [2.05, 4.69) is 16.4 Å². The maximum absolute atomic E-state index is 8.91. The maximum atomic E-state index is 8.91. The van der Waals surface area contributed by atoms with Crippen molar-refractivity contribution in [1.82, 2.24) is 4.98 Å². The number of hydrogen-bond acceptors (Lipinski definition) is 5. The lowest BCUT2D eigenvalue weighted by Crippen LogP contribution is -1.96. The second kappa shape index (κ2) is 4.59. The first kappa shape index (κ1) is 11.5. The number of hydrogen-bond donors (Lipinski definition) is 2. The summed E-state index contributed by atoms with van der Waals surface area (Å²) in [5.41, 5.74) is 11.6. The van der Waals surface area contributed by atoms with Gasteiger partial charge >= 0.3 is 0 Å². The van der Waals surface area contributed by atoms with E-state index in [1.165, 1.54) is 0 Å². The highest BCUT2D eigenvalue weighted by Crippen LogP contribution is 2.27. The van der Waals surface area contributed by atoms with E-state index in [9.17, 15) is 0 Å². The van der Waals surface area contributed by atoms with E-state index in [-0.39, 0.29) is 0 Å². The van der Waals surface area contributed by atoms with Gasteiger partial charge in [-0.05, 0) is 36.4 Å². The summed E-state index contributed by atoms with van der Waals surface area (Å²) in [7, 11) is 0. The highest BCUT2D eigenvalue weighted by atomic mass is 32.1. The molecule has 92 valence electrons. The topological polar surface area (TPSA) is 74.7 Å². The van der Waals surface area contributed by atoms with Gasteiger partial charge < -0.3 is 11.1 Å². The van der Waals surface area contributed by atoms with Crippen LogP contribution in [0.3, 0.4) is 0 Å². The lowest BCUT2D eigenvalue weighted by Gasteiger charge is -2.09. The molecule has 19 heavy (non-hydrogen) atoms. The van der Waals surface area contributed by atoms with E-state index >= 15 is 0 Å². The van der Waals surface area contributed by atoms with Gasteiger partial charge in [0.15, 0.2) is 0 Å². The Labute approximate surface area is 114 Å². The van der Waals surface area contributed by atoms with Crippen molar-refractivity contribution in [3.05, 3.63) is 47.5 Å². The van der Waals surface area contributed by atoms with Crippen molar-refractivity contribution in [2.45, 2.75) is 0 Å². The maximum Gasteiger partial charge on any atom is 0.0992 e. The zero-order valence-electron chi connectivity index (χ0n) is 9.92. The number of nitrogens with one attached hydrogen (secondary N) is 1. The molecule has 0 spiro atoms. The van der Waals surface area contributed by atoms with Crippen molar-refractivity contribution in [3.63, 3.8) is 0 Å². The van der Waals surface area contributed by atoms with Gasteiger partial charge in [0, 0.05) is 5.69 Å². The first-order chi connectivity index (χ1) is 9.26. The van der Waals surface area contributed by atoms with Gasteiger partial charge in [-0.25, -0.2) is 4.98 Å². The lowest BCUT2D eigenvalue weighted by molar-refractivity contribution is 1.47. The Morgan fingerprint density at radius 1 is 1.21 bits per heavy atom. The average molecular weight is 266 g/mol. The Morgan fingerprint density at radius 2 is 2.11 bits per heavy atom. The molecule has 4 nitrogen and oxygen atoms in total. The van der Waals surface area contributed by atoms with E-state index in [0.717, 1.165) is 21.6 Å². The van der Waals surface area contributed by atoms with Crippen LogP contribution in [0, 0.1) is 11.3 Å². The molecule has 0 saturated carbocycles. The van der Waals surface area contributed by atoms with Gasteiger partial charge in [-0.1, -0.05) is 0 Å². The van der Waals surface area contributed by atoms with Crippen LogP contribution < -0.4 is 11.1 Å². The van der Waals surface area contributed by atoms with E-state index < -0.39 is 0 Å². The molecule has 0 bridgehead atoms. The minimum atomic E-state index is 0.579. The predicted molar refractivity (Wildman–Crippen MR) is 78.5 cm³/mol. The van der Waals surface area contributed by atoms with Crippen molar-refractivity contribution in [1.29, 1.82) is 5.26 Å². The van der Waals surface area contributed by atoms with Crippen LogP contribution in [0.2, 0.25) is 0 Å². The Kier molecular flexibility index (Phi) is 2.78. The molecule has 3 N–H and O–H groups in total. The van der Waals surface area contributed by atoms with Gasteiger partial charge in [-0.2, -0.15) is 5.26 Å². The number of nitriles is 1. The van der Waals surface area contributed by atoms with Gasteiger partial charge in [-0.3, -0.25) is 0 Å². The molecule has 0 unspecified atom stereocenters. The second-order valence-corrected chi connectivity index (χ2v) is 4.96. The molecule has 0 aliphatic heterocycles. The molecule has 3 aromatic rings. The number of benzene rings is 2. The molecule has 0 fully saturated rings. The monoisotopic (exact) mass is 266 g/mol. The first-order valence-electron chi connectivity index (χ1n) is 5.66. The van der Waals surface area contributed by atoms with Gasteiger partial charge in [-0.15, -0.1) is 11.3 Å². The van der Waals surface area contributed by atoms with Crippen molar-refractivity contribution in [3.8, 4) is 6.07 Å². The zero-order chi connectivity index (χ0) is 13.2. The number of anilines is 3. The molecule has 1 heterocycles. The van der Waals surface area contributed by atoms with Crippen LogP contribution in [0.15, 0.2) is 41.9 Å². The fourth-order valence-corrected chi connectivity index (χ4v) is 2.54. The smallest absolute Gasteiger partial charge is 0.0992 e. The number of nitrogen functional groups attached to an aromatic ring is 1. The van der Waals surface area contributed by atoms with E-state index in [0.29, 0.717) is 11.3 Å². The minimum Gasteiger partial charge on any atom is -0.397 e. The number of nitrogens with zero attached hydrogens (tertiary/aromatic N) is 2. The van der Waals surface area contributed by atoms with Crippen LogP contribution in [0.1, 0.15) is 5.56 Å². The summed E-state index contributed by atoms with van der Waals surface area (Å²) in [6.45, 7) is 0. The lowest BCUT2D eigenvalue weighted by atomic mass is 10.2. The Bertz CT molecular complexity index is 785. The Morgan fingerprint density at radius 3 is 2.95 bits per heavy atom. The molecular weight excluding hydrogens is 256 g/mol. The molecular formula is C14H10N4S. The van der Waals surface area contributed by atoms with Gasteiger partial charge in [0.2, 0.25) is 0 Å². The van der Waals surface area contributed by atoms with Crippen LogP contribution in [0.4, 0.5) is 17.1 Å². The Balaban J connectivity index is 1.98. The first-order valence-corrected chi connectivity index (χ1v) is 6.54. The van der Waals surface area contributed by atoms with Crippen LogP contribution in [-0.4, -0.2) is 4.98 Å². The third-order valence-electron chi connectivity index (χ3n) is 2.79. The van der Waals surface area contributed by atoms with Crippen molar-refractivity contribution in [2.24, 2.45) is 0 Å². The molecule has 0 amide bonds. The summed E-state index contributed by atoms with van der Waals surface area (Å²) in [4.78, 5) is 4.23. The number of nitrogens with two attached hydrogens (primary N) is 1. The summed E-state index contributed by atoms with van der Waals surface area (Å²) in [5, 5.41) is 12.1. The molecule has 0 radical (unpaired) electrons. The third-order valence-corrected chi connectivity index (χ3v) is 3.58. The van der Waals surface area contributed by atoms with Gasteiger partial charge in [0.25, 0.3) is 0 Å². The molecule has 0 atom stereocenters. The summed E-state index contributed by atoms with van der Waals surface area (Å²) in [6, 6.07) is 13.2. The SMILES string of the molecule is N#Cc1ccc(N)c(Nc2ccc3ncsc3c2)c1. The molecule has 0 aliphatic rings. The van der Waals surface area contributed by atoms with E-state index in [1.807, 2.05) is 23.7 Å². The summed E-state index contributed by atoms with van der Waals surface area (Å²) >= 11 is 1.59. The second-order valence-electron chi connectivity index (χ2n) is 4.07. The third kappa shape index (κ3) is 2.21. The minimum absolute atomic E-state index is 0.579. The number of rotatable bonds is 2. The quantitative estimate of drug-likeness (QED) is 0.696. The Hall–Kier alpha value is -2.58. The molecule has 2 aromatic carbocycles. The van der Waals surface area contributed by atoms with E-state index in [4.69, 9.17) is 11.0 Å². The van der Waals surface area contributed by atoms with Crippen LogP contribution in [0.5, 0.6) is 0 Å². The van der Waals surface area contributed by atoms with Gasteiger partial charge in [0.05, 0.1) is 38.7 Å². The van der Waals surface area contributed by atoms with Crippen LogP contribution >= 0.6 is 11.3 Å². The molecule has 0 aliphatic carbocycles. The van der Waals surface area contributed by atoms with Crippen molar-refractivity contribution in [2.75, 3.05) is 11.1 Å². The number of fused-ring (bicyclic) bond motifs is 1. The van der Waals surface area contributed by atoms with Crippen LogP contribution in [-0.2, 0) is 0 Å². The normalized spacial score (nSPS) is 10.3.